The van der Waals surface area contributed by atoms with Crippen LogP contribution in [0.3, 0.4) is 0 Å². The van der Waals surface area contributed by atoms with Gasteiger partial charge in [0.2, 0.25) is 5.91 Å². The van der Waals surface area contributed by atoms with Crippen molar-refractivity contribution in [2.24, 2.45) is 5.92 Å². The van der Waals surface area contributed by atoms with E-state index in [0.29, 0.717) is 12.3 Å². The summed E-state index contributed by atoms with van der Waals surface area (Å²) in [7, 11) is 0. The van der Waals surface area contributed by atoms with Crippen molar-refractivity contribution in [3.63, 3.8) is 0 Å². The number of hydrogen-bond donors (Lipinski definition) is 1. The van der Waals surface area contributed by atoms with Gasteiger partial charge in [-0.25, -0.2) is 0 Å². The molecule has 0 bridgehead atoms. The van der Waals surface area contributed by atoms with E-state index in [4.69, 9.17) is 4.74 Å². The van der Waals surface area contributed by atoms with E-state index in [1.165, 1.54) is 24.3 Å². The fraction of sp³-hybridized carbons (Fsp3) is 0.542. The largest absolute Gasteiger partial charge is 0.379 e. The molecule has 2 unspecified atom stereocenters. The average molecular weight is 428 g/mol. The van der Waals surface area contributed by atoms with Crippen LogP contribution in [0, 0.1) is 5.92 Å². The smallest absolute Gasteiger partial charge is 0.222 e. The molecule has 3 heterocycles. The monoisotopic (exact) mass is 427 g/mol. The van der Waals surface area contributed by atoms with Crippen LogP contribution in [0.2, 0.25) is 0 Å². The minimum absolute atomic E-state index is 0.0610. The number of benzene rings is 1. The minimum Gasteiger partial charge on any atom is -0.379 e. The summed E-state index contributed by atoms with van der Waals surface area (Å²) in [5.74, 6) is 0.843. The van der Waals surface area contributed by atoms with Gasteiger partial charge in [0.05, 0.1) is 19.3 Å². The van der Waals surface area contributed by atoms with Crippen molar-refractivity contribution in [3.8, 4) is 0 Å². The number of morpholine rings is 1. The second-order valence-electron chi connectivity index (χ2n) is 8.40. The van der Waals surface area contributed by atoms with Gasteiger partial charge in [-0.15, -0.1) is 11.3 Å². The van der Waals surface area contributed by atoms with E-state index in [-0.39, 0.29) is 11.9 Å². The summed E-state index contributed by atoms with van der Waals surface area (Å²) in [5.41, 5.74) is 1.14. The molecule has 2 atom stereocenters. The zero-order valence-electron chi connectivity index (χ0n) is 17.7. The van der Waals surface area contributed by atoms with E-state index >= 15 is 0 Å². The van der Waals surface area contributed by atoms with Crippen molar-refractivity contribution in [1.29, 1.82) is 0 Å². The number of rotatable bonds is 8. The SMILES string of the molecule is O=C(CCN1CCCC(CN2CCOCC2)C1)NC(c1ccccc1)c1cccs1. The maximum Gasteiger partial charge on any atom is 0.222 e. The number of hydrogen-bond acceptors (Lipinski definition) is 5. The van der Waals surface area contributed by atoms with Gasteiger partial charge in [-0.3, -0.25) is 9.69 Å². The predicted octanol–water partition coefficient (Wildman–Crippen LogP) is 3.39. The highest BCUT2D eigenvalue weighted by atomic mass is 32.1. The molecule has 0 radical (unpaired) electrons. The molecule has 1 aromatic carbocycles. The van der Waals surface area contributed by atoms with Crippen LogP contribution in [-0.2, 0) is 9.53 Å². The molecule has 0 aliphatic carbocycles. The van der Waals surface area contributed by atoms with Gasteiger partial charge in [0.1, 0.15) is 0 Å². The molecule has 2 saturated heterocycles. The van der Waals surface area contributed by atoms with Crippen LogP contribution in [0.5, 0.6) is 0 Å². The molecular formula is C24H33N3O2S. The van der Waals surface area contributed by atoms with E-state index in [2.05, 4.69) is 38.7 Å². The standard InChI is InChI=1S/C24H33N3O2S/c28-23(25-24(22-9-5-17-30-22)21-7-2-1-3-8-21)10-12-26-11-4-6-20(18-26)19-27-13-15-29-16-14-27/h1-3,5,7-9,17,20,24H,4,6,10-16,18-19H2,(H,25,28). The van der Waals surface area contributed by atoms with Gasteiger partial charge in [-0.2, -0.15) is 0 Å². The molecule has 162 valence electrons. The Morgan fingerprint density at radius 3 is 2.70 bits per heavy atom. The molecule has 0 saturated carbocycles. The van der Waals surface area contributed by atoms with Gasteiger partial charge in [-0.1, -0.05) is 36.4 Å². The van der Waals surface area contributed by atoms with Crippen LogP contribution in [0.1, 0.15) is 35.7 Å². The molecule has 0 spiro atoms. The van der Waals surface area contributed by atoms with Gasteiger partial charge < -0.3 is 15.0 Å². The van der Waals surface area contributed by atoms with Crippen LogP contribution in [0.15, 0.2) is 47.8 Å². The highest BCUT2D eigenvalue weighted by Gasteiger charge is 2.24. The van der Waals surface area contributed by atoms with Crippen LogP contribution in [-0.4, -0.2) is 68.2 Å². The maximum absolute atomic E-state index is 12.8. The van der Waals surface area contributed by atoms with Crippen molar-refractivity contribution < 1.29 is 9.53 Å². The number of nitrogens with zero attached hydrogens (tertiary/aromatic N) is 2. The lowest BCUT2D eigenvalue weighted by molar-refractivity contribution is -0.122. The molecule has 5 nitrogen and oxygen atoms in total. The Labute approximate surface area is 184 Å². The molecule has 1 N–H and O–H groups in total. The molecule has 1 aromatic heterocycles. The van der Waals surface area contributed by atoms with E-state index in [1.54, 1.807) is 11.3 Å². The number of amides is 1. The van der Waals surface area contributed by atoms with Crippen LogP contribution < -0.4 is 5.32 Å². The predicted molar refractivity (Wildman–Crippen MR) is 122 cm³/mol. The summed E-state index contributed by atoms with van der Waals surface area (Å²) in [4.78, 5) is 19.0. The van der Waals surface area contributed by atoms with Crippen molar-refractivity contribution in [2.45, 2.75) is 25.3 Å². The van der Waals surface area contributed by atoms with Gasteiger partial charge in [0.15, 0.2) is 0 Å². The number of thiophene rings is 1. The summed E-state index contributed by atoms with van der Waals surface area (Å²) < 4.78 is 5.47. The third-order valence-corrected chi connectivity index (χ3v) is 7.08. The maximum atomic E-state index is 12.8. The van der Waals surface area contributed by atoms with E-state index in [0.717, 1.165) is 51.5 Å². The van der Waals surface area contributed by atoms with E-state index in [1.807, 2.05) is 24.3 Å². The quantitative estimate of drug-likeness (QED) is 0.701. The van der Waals surface area contributed by atoms with Crippen molar-refractivity contribution in [1.82, 2.24) is 15.1 Å². The summed E-state index contributed by atoms with van der Waals surface area (Å²) in [5, 5.41) is 5.34. The lowest BCUT2D eigenvalue weighted by atomic mass is 9.97. The van der Waals surface area contributed by atoms with Crippen LogP contribution in [0.4, 0.5) is 0 Å². The zero-order valence-corrected chi connectivity index (χ0v) is 18.5. The third kappa shape index (κ3) is 6.14. The number of nitrogens with one attached hydrogen (secondary N) is 1. The summed E-state index contributed by atoms with van der Waals surface area (Å²) in [6, 6.07) is 14.3. The zero-order chi connectivity index (χ0) is 20.6. The lowest BCUT2D eigenvalue weighted by Gasteiger charge is -2.36. The number of ether oxygens (including phenoxy) is 1. The van der Waals surface area contributed by atoms with Gasteiger partial charge in [0, 0.05) is 44.0 Å². The first-order valence-corrected chi connectivity index (χ1v) is 12.1. The minimum atomic E-state index is -0.0610. The van der Waals surface area contributed by atoms with Crippen molar-refractivity contribution >= 4 is 17.2 Å². The third-order valence-electron chi connectivity index (χ3n) is 6.14. The first-order valence-electron chi connectivity index (χ1n) is 11.2. The Morgan fingerprint density at radius 1 is 1.10 bits per heavy atom. The van der Waals surface area contributed by atoms with Crippen molar-refractivity contribution in [2.75, 3.05) is 52.5 Å². The second kappa shape index (κ2) is 11.0. The Morgan fingerprint density at radius 2 is 1.93 bits per heavy atom. The molecule has 1 amide bonds. The Balaban J connectivity index is 1.27. The van der Waals surface area contributed by atoms with Gasteiger partial charge in [0.25, 0.3) is 0 Å². The molecule has 4 rings (SSSR count). The molecule has 2 fully saturated rings. The first kappa shape index (κ1) is 21.5. The summed E-state index contributed by atoms with van der Waals surface area (Å²) >= 11 is 1.69. The fourth-order valence-corrected chi connectivity index (χ4v) is 5.37. The summed E-state index contributed by atoms with van der Waals surface area (Å²) in [6.45, 7) is 8.08. The highest BCUT2D eigenvalue weighted by molar-refractivity contribution is 7.10. The van der Waals surface area contributed by atoms with E-state index in [9.17, 15) is 4.79 Å². The highest BCUT2D eigenvalue weighted by Crippen LogP contribution is 2.26. The summed E-state index contributed by atoms with van der Waals surface area (Å²) in [6.07, 6.45) is 3.09. The first-order chi connectivity index (χ1) is 14.8. The van der Waals surface area contributed by atoms with Gasteiger partial charge >= 0.3 is 0 Å². The van der Waals surface area contributed by atoms with E-state index < -0.39 is 0 Å². The molecule has 2 aliphatic heterocycles. The molecule has 6 heteroatoms. The number of likely N-dealkylation sites (tertiary alicyclic amines) is 1. The Kier molecular flexibility index (Phi) is 7.92. The average Bonchev–Trinajstić information content (AvgIpc) is 3.32. The second-order valence-corrected chi connectivity index (χ2v) is 9.38. The van der Waals surface area contributed by atoms with Gasteiger partial charge in [-0.05, 0) is 42.3 Å². The molecule has 2 aromatic rings. The van der Waals surface area contributed by atoms with Crippen molar-refractivity contribution in [3.05, 3.63) is 58.3 Å². The normalized spacial score (nSPS) is 21.9. The van der Waals surface area contributed by atoms with Crippen LogP contribution in [0.25, 0.3) is 0 Å². The molecular weight excluding hydrogens is 394 g/mol. The fourth-order valence-electron chi connectivity index (χ4n) is 4.56. The number of piperidine rings is 1. The number of carbonyl (C=O) groups is 1. The van der Waals surface area contributed by atoms with Crippen LogP contribution >= 0.6 is 11.3 Å². The Hall–Kier alpha value is -1.73. The topological polar surface area (TPSA) is 44.8 Å². The molecule has 2 aliphatic rings. The molecule has 30 heavy (non-hydrogen) atoms. The number of carbonyl (C=O) groups excluding carboxylic acids is 1. The Bertz CT molecular complexity index is 762. The lowest BCUT2D eigenvalue weighted by Crippen LogP contribution is -2.45.